The molecule has 0 aliphatic rings. The number of aromatic nitrogens is 3. The van der Waals surface area contributed by atoms with Crippen LogP contribution in [-0.2, 0) is 4.74 Å². The molecule has 3 aromatic rings. The van der Waals surface area contributed by atoms with Crippen LogP contribution in [0, 0.1) is 0 Å². The van der Waals surface area contributed by atoms with Crippen LogP contribution in [0.4, 0.5) is 0 Å². The van der Waals surface area contributed by atoms with Gasteiger partial charge < -0.3 is 4.74 Å². The molecule has 2 aromatic heterocycles. The van der Waals surface area contributed by atoms with Crippen LogP contribution in [0.2, 0.25) is 0 Å². The Morgan fingerprint density at radius 3 is 2.70 bits per heavy atom. The average molecular weight is 269 g/mol. The van der Waals surface area contributed by atoms with Crippen molar-refractivity contribution in [1.82, 2.24) is 14.6 Å². The number of nitrogens with one attached hydrogen (secondary N) is 1. The van der Waals surface area contributed by atoms with E-state index in [1.807, 2.05) is 0 Å². The van der Waals surface area contributed by atoms with Crippen molar-refractivity contribution in [2.24, 2.45) is 0 Å². The molecule has 0 aliphatic carbocycles. The Hall–Kier alpha value is -2.89. The molecule has 0 fully saturated rings. The number of fused-ring (bicyclic) bond motifs is 1. The van der Waals surface area contributed by atoms with Gasteiger partial charge in [-0.2, -0.15) is 0 Å². The predicted octanol–water partition coefficient (Wildman–Crippen LogP) is 1.48. The molecule has 0 radical (unpaired) electrons. The summed E-state index contributed by atoms with van der Waals surface area (Å²) >= 11 is 0. The fraction of sp³-hybridized carbons (Fsp3) is 0.0714. The van der Waals surface area contributed by atoms with E-state index in [9.17, 15) is 9.59 Å². The molecule has 0 saturated carbocycles. The van der Waals surface area contributed by atoms with Gasteiger partial charge in [-0.15, -0.1) is 0 Å². The Morgan fingerprint density at radius 1 is 1.25 bits per heavy atom. The number of methoxy groups -OCH3 is 1. The lowest BCUT2D eigenvalue weighted by Crippen LogP contribution is -2.14. The number of hydrogen-bond acceptors (Lipinski definition) is 4. The SMILES string of the molecule is COC(=O)c1ccc(-c2cc(=O)n3[nH]ccc3n2)cc1. The van der Waals surface area contributed by atoms with Gasteiger partial charge >= 0.3 is 5.97 Å². The fourth-order valence-corrected chi connectivity index (χ4v) is 1.97. The number of aromatic amines is 1. The highest BCUT2D eigenvalue weighted by Gasteiger charge is 2.08. The lowest BCUT2D eigenvalue weighted by atomic mass is 10.1. The molecule has 100 valence electrons. The standard InChI is InChI=1S/C14H11N3O3/c1-20-14(19)10-4-2-9(3-5-10)11-8-13(18)17-12(16-11)6-7-15-17/h2-8,15H,1H3. The third-order valence-electron chi connectivity index (χ3n) is 2.98. The molecule has 0 saturated heterocycles. The van der Waals surface area contributed by atoms with Crippen molar-refractivity contribution in [1.29, 1.82) is 0 Å². The van der Waals surface area contributed by atoms with Crippen LogP contribution in [-0.4, -0.2) is 27.7 Å². The van der Waals surface area contributed by atoms with Crippen molar-refractivity contribution in [2.45, 2.75) is 0 Å². The van der Waals surface area contributed by atoms with Gasteiger partial charge in [-0.3, -0.25) is 9.89 Å². The van der Waals surface area contributed by atoms with Gasteiger partial charge in [-0.1, -0.05) is 12.1 Å². The maximum atomic E-state index is 11.9. The number of esters is 1. The number of carbonyl (C=O) groups is 1. The lowest BCUT2D eigenvalue weighted by Gasteiger charge is -2.03. The summed E-state index contributed by atoms with van der Waals surface area (Å²) in [5.74, 6) is -0.398. The maximum absolute atomic E-state index is 11.9. The van der Waals surface area contributed by atoms with Gasteiger partial charge in [-0.05, 0) is 12.1 Å². The zero-order chi connectivity index (χ0) is 14.1. The molecular formula is C14H11N3O3. The van der Waals surface area contributed by atoms with E-state index < -0.39 is 5.97 Å². The zero-order valence-corrected chi connectivity index (χ0v) is 10.7. The van der Waals surface area contributed by atoms with Crippen LogP contribution in [0.5, 0.6) is 0 Å². The van der Waals surface area contributed by atoms with E-state index in [0.29, 0.717) is 16.9 Å². The summed E-state index contributed by atoms with van der Waals surface area (Å²) in [6.07, 6.45) is 1.65. The van der Waals surface area contributed by atoms with E-state index in [4.69, 9.17) is 0 Å². The first kappa shape index (κ1) is 12.2. The van der Waals surface area contributed by atoms with Crippen LogP contribution in [0.15, 0.2) is 47.4 Å². The van der Waals surface area contributed by atoms with Crippen molar-refractivity contribution in [3.05, 3.63) is 58.5 Å². The van der Waals surface area contributed by atoms with Crippen molar-refractivity contribution >= 4 is 11.6 Å². The Kier molecular flexibility index (Phi) is 2.83. The second-order valence-electron chi connectivity index (χ2n) is 4.20. The second kappa shape index (κ2) is 4.65. The molecule has 0 aliphatic heterocycles. The van der Waals surface area contributed by atoms with Gasteiger partial charge in [0.2, 0.25) is 0 Å². The summed E-state index contributed by atoms with van der Waals surface area (Å²) in [7, 11) is 1.33. The minimum absolute atomic E-state index is 0.188. The highest BCUT2D eigenvalue weighted by Crippen LogP contribution is 2.17. The zero-order valence-electron chi connectivity index (χ0n) is 10.7. The highest BCUT2D eigenvalue weighted by molar-refractivity contribution is 5.89. The predicted molar refractivity (Wildman–Crippen MR) is 72.6 cm³/mol. The lowest BCUT2D eigenvalue weighted by molar-refractivity contribution is 0.0601. The first-order chi connectivity index (χ1) is 9.69. The molecular weight excluding hydrogens is 258 g/mol. The fourth-order valence-electron chi connectivity index (χ4n) is 1.97. The molecule has 0 spiro atoms. The minimum Gasteiger partial charge on any atom is -0.465 e. The van der Waals surface area contributed by atoms with E-state index in [0.717, 1.165) is 5.56 Å². The number of hydrogen-bond donors (Lipinski definition) is 1. The number of H-pyrrole nitrogens is 1. The second-order valence-corrected chi connectivity index (χ2v) is 4.20. The van der Waals surface area contributed by atoms with E-state index in [2.05, 4.69) is 14.8 Å². The Morgan fingerprint density at radius 2 is 2.00 bits per heavy atom. The van der Waals surface area contributed by atoms with Gasteiger partial charge in [0.15, 0.2) is 5.65 Å². The largest absolute Gasteiger partial charge is 0.465 e. The quantitative estimate of drug-likeness (QED) is 0.715. The number of nitrogens with zero attached hydrogens (tertiary/aromatic N) is 2. The molecule has 3 rings (SSSR count). The average Bonchev–Trinajstić information content (AvgIpc) is 2.95. The first-order valence-corrected chi connectivity index (χ1v) is 5.95. The number of ether oxygens (including phenoxy) is 1. The van der Waals surface area contributed by atoms with Crippen molar-refractivity contribution in [3.8, 4) is 11.3 Å². The summed E-state index contributed by atoms with van der Waals surface area (Å²) in [6, 6.07) is 9.91. The van der Waals surface area contributed by atoms with E-state index in [1.54, 1.807) is 36.5 Å². The van der Waals surface area contributed by atoms with E-state index in [-0.39, 0.29) is 5.56 Å². The van der Waals surface area contributed by atoms with Gasteiger partial charge in [0.25, 0.3) is 5.56 Å². The maximum Gasteiger partial charge on any atom is 0.337 e. The minimum atomic E-state index is -0.398. The molecule has 0 amide bonds. The van der Waals surface area contributed by atoms with Crippen LogP contribution in [0.3, 0.4) is 0 Å². The third-order valence-corrected chi connectivity index (χ3v) is 2.98. The third kappa shape index (κ3) is 1.97. The van der Waals surface area contributed by atoms with Crippen LogP contribution >= 0.6 is 0 Å². The summed E-state index contributed by atoms with van der Waals surface area (Å²) in [5, 5.41) is 2.78. The van der Waals surface area contributed by atoms with Crippen molar-refractivity contribution in [2.75, 3.05) is 7.11 Å². The monoisotopic (exact) mass is 269 g/mol. The summed E-state index contributed by atoms with van der Waals surface area (Å²) in [4.78, 5) is 27.6. The molecule has 6 nitrogen and oxygen atoms in total. The molecule has 0 bridgehead atoms. The molecule has 6 heteroatoms. The highest BCUT2D eigenvalue weighted by atomic mass is 16.5. The first-order valence-electron chi connectivity index (χ1n) is 5.95. The van der Waals surface area contributed by atoms with Gasteiger partial charge in [-0.25, -0.2) is 14.3 Å². The van der Waals surface area contributed by atoms with Crippen LogP contribution in [0.1, 0.15) is 10.4 Å². The van der Waals surface area contributed by atoms with E-state index >= 15 is 0 Å². The van der Waals surface area contributed by atoms with Crippen molar-refractivity contribution < 1.29 is 9.53 Å². The van der Waals surface area contributed by atoms with Gasteiger partial charge in [0, 0.05) is 23.9 Å². The van der Waals surface area contributed by atoms with Crippen molar-refractivity contribution in [3.63, 3.8) is 0 Å². The van der Waals surface area contributed by atoms with E-state index in [1.165, 1.54) is 17.7 Å². The van der Waals surface area contributed by atoms with Gasteiger partial charge in [0.05, 0.1) is 18.4 Å². The molecule has 0 unspecified atom stereocenters. The number of carbonyl (C=O) groups excluding carboxylic acids is 1. The smallest absolute Gasteiger partial charge is 0.337 e. The van der Waals surface area contributed by atoms with Crippen LogP contribution in [0.25, 0.3) is 16.9 Å². The Labute approximate surface area is 113 Å². The molecule has 1 aromatic carbocycles. The number of benzene rings is 1. The Bertz CT molecular complexity index is 831. The summed E-state index contributed by atoms with van der Waals surface area (Å²) in [5.41, 5.74) is 2.14. The van der Waals surface area contributed by atoms with Crippen LogP contribution < -0.4 is 5.56 Å². The summed E-state index contributed by atoms with van der Waals surface area (Å²) < 4.78 is 5.99. The molecule has 1 N–H and O–H groups in total. The topological polar surface area (TPSA) is 76.5 Å². The molecule has 20 heavy (non-hydrogen) atoms. The molecule has 0 atom stereocenters. The Balaban J connectivity index is 2.06. The molecule has 2 heterocycles. The normalized spacial score (nSPS) is 10.7. The number of rotatable bonds is 2. The van der Waals surface area contributed by atoms with Gasteiger partial charge in [0.1, 0.15) is 0 Å². The summed E-state index contributed by atoms with van der Waals surface area (Å²) in [6.45, 7) is 0.